The molecule has 1 aromatic carbocycles. The van der Waals surface area contributed by atoms with E-state index < -0.39 is 0 Å². The molecule has 0 atom stereocenters. The van der Waals surface area contributed by atoms with Crippen LogP contribution >= 0.6 is 0 Å². The highest BCUT2D eigenvalue weighted by molar-refractivity contribution is 5.93. The van der Waals surface area contributed by atoms with E-state index in [1.807, 2.05) is 30.3 Å². The van der Waals surface area contributed by atoms with E-state index in [0.717, 1.165) is 12.1 Å². The first-order valence-corrected chi connectivity index (χ1v) is 6.85. The summed E-state index contributed by atoms with van der Waals surface area (Å²) in [5.74, 6) is 0.404. The van der Waals surface area contributed by atoms with Gasteiger partial charge in [-0.3, -0.25) is 4.79 Å². The Bertz CT molecular complexity index is 575. The minimum absolute atomic E-state index is 0.162. The lowest BCUT2D eigenvalue weighted by Crippen LogP contribution is -2.26. The zero-order valence-corrected chi connectivity index (χ0v) is 12.1. The van der Waals surface area contributed by atoms with Crippen LogP contribution in [-0.4, -0.2) is 27.4 Å². The van der Waals surface area contributed by atoms with Gasteiger partial charge in [-0.25, -0.2) is 0 Å². The van der Waals surface area contributed by atoms with Crippen LogP contribution in [-0.2, 0) is 0 Å². The molecule has 0 radical (unpaired) electrons. The van der Waals surface area contributed by atoms with Crippen molar-refractivity contribution in [2.75, 3.05) is 6.54 Å². The van der Waals surface area contributed by atoms with Crippen LogP contribution in [0.5, 0.6) is 0 Å². The first-order chi connectivity index (χ1) is 9.58. The number of aryl methyl sites for hydroxylation is 1. The van der Waals surface area contributed by atoms with Crippen LogP contribution in [0.4, 0.5) is 0 Å². The lowest BCUT2D eigenvalue weighted by molar-refractivity contribution is 0.0946. The molecule has 5 heteroatoms. The highest BCUT2D eigenvalue weighted by Gasteiger charge is 2.15. The molecule has 2 aromatic rings. The summed E-state index contributed by atoms with van der Waals surface area (Å²) in [5, 5.41) is 11.4. The van der Waals surface area contributed by atoms with E-state index in [1.54, 1.807) is 6.92 Å². The number of hydrogen-bond donors (Lipinski definition) is 1. The molecule has 20 heavy (non-hydrogen) atoms. The summed E-state index contributed by atoms with van der Waals surface area (Å²) >= 11 is 0. The summed E-state index contributed by atoms with van der Waals surface area (Å²) in [6.45, 7) is 6.71. The molecule has 0 aliphatic carbocycles. The van der Waals surface area contributed by atoms with Gasteiger partial charge in [0.2, 0.25) is 0 Å². The van der Waals surface area contributed by atoms with E-state index in [4.69, 9.17) is 0 Å². The number of carbonyl (C=O) groups excluding carboxylic acids is 1. The molecular weight excluding hydrogens is 252 g/mol. The van der Waals surface area contributed by atoms with Crippen LogP contribution in [0.2, 0.25) is 0 Å². The van der Waals surface area contributed by atoms with Crippen molar-refractivity contribution in [1.82, 2.24) is 20.3 Å². The molecule has 0 saturated heterocycles. The van der Waals surface area contributed by atoms with Gasteiger partial charge in [-0.15, -0.1) is 5.10 Å². The SMILES string of the molecule is Cc1nn(-c2ccccc2)nc1C(=O)NCCC(C)C. The van der Waals surface area contributed by atoms with Crippen LogP contribution in [0.15, 0.2) is 30.3 Å². The third kappa shape index (κ3) is 3.44. The van der Waals surface area contributed by atoms with Gasteiger partial charge >= 0.3 is 0 Å². The van der Waals surface area contributed by atoms with Crippen LogP contribution in [0, 0.1) is 12.8 Å². The summed E-state index contributed by atoms with van der Waals surface area (Å²) in [6, 6.07) is 9.56. The summed E-state index contributed by atoms with van der Waals surface area (Å²) in [5.41, 5.74) is 1.87. The van der Waals surface area contributed by atoms with Gasteiger partial charge in [0.1, 0.15) is 0 Å². The monoisotopic (exact) mass is 272 g/mol. The largest absolute Gasteiger partial charge is 0.351 e. The van der Waals surface area contributed by atoms with Crippen LogP contribution in [0.25, 0.3) is 5.69 Å². The van der Waals surface area contributed by atoms with E-state index >= 15 is 0 Å². The van der Waals surface area contributed by atoms with Gasteiger partial charge in [0.05, 0.1) is 11.4 Å². The standard InChI is InChI=1S/C15H20N4O/c1-11(2)9-10-16-15(20)14-12(3)17-19(18-14)13-7-5-4-6-8-13/h4-8,11H,9-10H2,1-3H3,(H,16,20). The van der Waals surface area contributed by atoms with E-state index in [0.29, 0.717) is 23.9 Å². The van der Waals surface area contributed by atoms with Crippen molar-refractivity contribution in [3.63, 3.8) is 0 Å². The Kier molecular flexibility index (Phi) is 4.50. The van der Waals surface area contributed by atoms with Crippen molar-refractivity contribution in [2.45, 2.75) is 27.2 Å². The van der Waals surface area contributed by atoms with Crippen molar-refractivity contribution in [1.29, 1.82) is 0 Å². The first-order valence-electron chi connectivity index (χ1n) is 6.85. The number of hydrogen-bond acceptors (Lipinski definition) is 3. The molecule has 2 rings (SSSR count). The first kappa shape index (κ1) is 14.2. The fourth-order valence-corrected chi connectivity index (χ4v) is 1.82. The third-order valence-corrected chi connectivity index (χ3v) is 2.99. The summed E-state index contributed by atoms with van der Waals surface area (Å²) in [6.07, 6.45) is 0.956. The van der Waals surface area contributed by atoms with Gasteiger partial charge in [0, 0.05) is 6.54 Å². The van der Waals surface area contributed by atoms with Crippen molar-refractivity contribution >= 4 is 5.91 Å². The predicted octanol–water partition coefficient (Wildman–Crippen LogP) is 2.35. The lowest BCUT2D eigenvalue weighted by atomic mass is 10.1. The molecule has 1 amide bonds. The average molecular weight is 272 g/mol. The fourth-order valence-electron chi connectivity index (χ4n) is 1.82. The van der Waals surface area contributed by atoms with Gasteiger partial charge in [-0.1, -0.05) is 32.0 Å². The quantitative estimate of drug-likeness (QED) is 0.909. The Morgan fingerprint density at radius 3 is 2.60 bits per heavy atom. The number of aromatic nitrogens is 3. The third-order valence-electron chi connectivity index (χ3n) is 2.99. The maximum absolute atomic E-state index is 12.1. The number of para-hydroxylation sites is 1. The molecule has 0 aliphatic heterocycles. The Balaban J connectivity index is 2.10. The molecule has 0 saturated carbocycles. The molecule has 0 spiro atoms. The molecular formula is C15H20N4O. The lowest BCUT2D eigenvalue weighted by Gasteiger charge is -2.05. The van der Waals surface area contributed by atoms with Crippen LogP contribution < -0.4 is 5.32 Å². The van der Waals surface area contributed by atoms with Gasteiger partial charge in [0.15, 0.2) is 5.69 Å². The van der Waals surface area contributed by atoms with Gasteiger partial charge in [-0.05, 0) is 31.4 Å². The molecule has 5 nitrogen and oxygen atoms in total. The summed E-state index contributed by atoms with van der Waals surface area (Å²) in [4.78, 5) is 13.6. The van der Waals surface area contributed by atoms with Crippen molar-refractivity contribution < 1.29 is 4.79 Å². The number of rotatable bonds is 5. The fraction of sp³-hybridized carbons (Fsp3) is 0.400. The molecule has 1 N–H and O–H groups in total. The van der Waals surface area contributed by atoms with E-state index in [-0.39, 0.29) is 5.91 Å². The number of amides is 1. The second-order valence-electron chi connectivity index (χ2n) is 5.20. The zero-order valence-electron chi connectivity index (χ0n) is 12.1. The molecule has 0 fully saturated rings. The van der Waals surface area contributed by atoms with Gasteiger partial charge < -0.3 is 5.32 Å². The summed E-state index contributed by atoms with van der Waals surface area (Å²) in [7, 11) is 0. The number of benzene rings is 1. The van der Waals surface area contributed by atoms with Crippen LogP contribution in [0.3, 0.4) is 0 Å². The minimum Gasteiger partial charge on any atom is -0.351 e. The second kappa shape index (κ2) is 6.32. The maximum atomic E-state index is 12.1. The highest BCUT2D eigenvalue weighted by atomic mass is 16.2. The van der Waals surface area contributed by atoms with Gasteiger partial charge in [-0.2, -0.15) is 9.90 Å². The van der Waals surface area contributed by atoms with E-state index in [1.165, 1.54) is 4.80 Å². The Labute approximate surface area is 119 Å². The van der Waals surface area contributed by atoms with E-state index in [2.05, 4.69) is 29.4 Å². The highest BCUT2D eigenvalue weighted by Crippen LogP contribution is 2.08. The smallest absolute Gasteiger partial charge is 0.273 e. The number of carbonyl (C=O) groups is 1. The predicted molar refractivity (Wildman–Crippen MR) is 77.9 cm³/mol. The Hall–Kier alpha value is -2.17. The van der Waals surface area contributed by atoms with E-state index in [9.17, 15) is 4.79 Å². The molecule has 0 unspecified atom stereocenters. The number of nitrogens with zero attached hydrogens (tertiary/aromatic N) is 3. The Morgan fingerprint density at radius 1 is 1.25 bits per heavy atom. The van der Waals surface area contributed by atoms with Crippen LogP contribution in [0.1, 0.15) is 36.5 Å². The molecule has 0 aliphatic rings. The van der Waals surface area contributed by atoms with Crippen molar-refractivity contribution in [2.24, 2.45) is 5.92 Å². The van der Waals surface area contributed by atoms with Gasteiger partial charge in [0.25, 0.3) is 5.91 Å². The van der Waals surface area contributed by atoms with Crippen molar-refractivity contribution in [3.8, 4) is 5.69 Å². The molecule has 1 aromatic heterocycles. The summed E-state index contributed by atoms with van der Waals surface area (Å²) < 4.78 is 0. The number of nitrogens with one attached hydrogen (secondary N) is 1. The molecule has 1 heterocycles. The average Bonchev–Trinajstić information content (AvgIpc) is 2.81. The topological polar surface area (TPSA) is 59.8 Å². The normalized spacial score (nSPS) is 10.8. The maximum Gasteiger partial charge on any atom is 0.273 e. The molecule has 0 bridgehead atoms. The minimum atomic E-state index is -0.162. The zero-order chi connectivity index (χ0) is 14.5. The second-order valence-corrected chi connectivity index (χ2v) is 5.20. The van der Waals surface area contributed by atoms with Crippen molar-refractivity contribution in [3.05, 3.63) is 41.7 Å². The molecule has 106 valence electrons. The Morgan fingerprint density at radius 2 is 1.95 bits per heavy atom.